The second kappa shape index (κ2) is 12.2. The van der Waals surface area contributed by atoms with E-state index in [0.29, 0.717) is 28.8 Å². The van der Waals surface area contributed by atoms with Crippen LogP contribution in [0.15, 0.2) is 91.3 Å². The minimum absolute atomic E-state index is 0.120. The molecular formula is C26H25ClN8O2. The maximum absolute atomic E-state index is 12.3. The lowest BCUT2D eigenvalue weighted by Crippen LogP contribution is -2.38. The fourth-order valence-corrected chi connectivity index (χ4v) is 3.26. The van der Waals surface area contributed by atoms with Gasteiger partial charge >= 0.3 is 6.01 Å². The molecule has 1 amide bonds. The Bertz CT molecular complexity index is 1370. The topological polar surface area (TPSA) is 139 Å². The molecule has 4 rings (SSSR count). The molecule has 0 aliphatic heterocycles. The molecule has 6 N–H and O–H groups in total. The molecule has 0 spiro atoms. The number of nitrogens with two attached hydrogens (primary N) is 1. The minimum atomic E-state index is -0.386. The Morgan fingerprint density at radius 3 is 2.41 bits per heavy atom. The molecule has 1 aromatic heterocycles. The third-order valence-electron chi connectivity index (χ3n) is 4.91. The van der Waals surface area contributed by atoms with E-state index in [1.54, 1.807) is 24.3 Å². The average molecular weight is 517 g/mol. The van der Waals surface area contributed by atoms with Gasteiger partial charge in [-0.2, -0.15) is 15.0 Å². The van der Waals surface area contributed by atoms with Crippen LogP contribution in [0.2, 0.25) is 5.02 Å². The molecule has 4 aromatic rings. The summed E-state index contributed by atoms with van der Waals surface area (Å²) in [5, 5.41) is 6.95. The number of carbonyl (C=O) groups excluding carboxylic acids is 1. The molecule has 0 radical (unpaired) electrons. The standard InChI is InChI=1S/C26H25ClN8O2/c1-17(28)34-35-23(36)20-8-5-9-22(14-20)30-25-31-24(29-15-18-10-12-21(27)13-11-18)32-26(33-25)37-16-19-6-3-2-4-7-19/h2-14,34H,1,15-16,28H2,(H,35,36)(H2,29,30,31,32,33). The molecule has 1 heterocycles. The van der Waals surface area contributed by atoms with Crippen molar-refractivity contribution < 1.29 is 9.53 Å². The van der Waals surface area contributed by atoms with Crippen LogP contribution in [0.5, 0.6) is 6.01 Å². The molecule has 10 nitrogen and oxygen atoms in total. The van der Waals surface area contributed by atoms with E-state index in [4.69, 9.17) is 22.1 Å². The maximum atomic E-state index is 12.3. The van der Waals surface area contributed by atoms with Crippen LogP contribution in [-0.2, 0) is 13.2 Å². The van der Waals surface area contributed by atoms with Crippen molar-refractivity contribution in [3.63, 3.8) is 0 Å². The largest absolute Gasteiger partial charge is 0.458 e. The molecule has 11 heteroatoms. The van der Waals surface area contributed by atoms with E-state index in [1.165, 1.54) is 0 Å². The monoisotopic (exact) mass is 516 g/mol. The summed E-state index contributed by atoms with van der Waals surface area (Å²) >= 11 is 5.98. The van der Waals surface area contributed by atoms with Gasteiger partial charge in [0.1, 0.15) is 12.4 Å². The number of hydrazine groups is 1. The summed E-state index contributed by atoms with van der Waals surface area (Å²) in [6, 6.07) is 24.1. The number of halogens is 1. The first-order valence-corrected chi connectivity index (χ1v) is 11.6. The molecule has 0 atom stereocenters. The van der Waals surface area contributed by atoms with Gasteiger partial charge in [-0.15, -0.1) is 0 Å². The first kappa shape index (κ1) is 25.3. The Balaban J connectivity index is 1.52. The molecule has 188 valence electrons. The first-order valence-electron chi connectivity index (χ1n) is 11.2. The normalized spacial score (nSPS) is 10.3. The van der Waals surface area contributed by atoms with Crippen molar-refractivity contribution in [2.75, 3.05) is 10.6 Å². The van der Waals surface area contributed by atoms with Crippen LogP contribution in [0.4, 0.5) is 17.6 Å². The van der Waals surface area contributed by atoms with Crippen LogP contribution in [0.1, 0.15) is 21.5 Å². The van der Waals surface area contributed by atoms with Crippen molar-refractivity contribution in [2.24, 2.45) is 5.73 Å². The first-order chi connectivity index (χ1) is 17.9. The van der Waals surface area contributed by atoms with Gasteiger partial charge in [-0.05, 0) is 41.5 Å². The lowest BCUT2D eigenvalue weighted by Gasteiger charge is -2.12. The minimum Gasteiger partial charge on any atom is -0.458 e. The molecule has 37 heavy (non-hydrogen) atoms. The van der Waals surface area contributed by atoms with Gasteiger partial charge in [0, 0.05) is 22.8 Å². The predicted octanol–water partition coefficient (Wildman–Crippen LogP) is 4.12. The number of carbonyl (C=O) groups is 1. The van der Waals surface area contributed by atoms with Gasteiger partial charge in [0.15, 0.2) is 0 Å². The molecule has 0 fully saturated rings. The van der Waals surface area contributed by atoms with Gasteiger partial charge in [-0.25, -0.2) is 0 Å². The van der Waals surface area contributed by atoms with Gasteiger partial charge in [-0.3, -0.25) is 15.6 Å². The molecule has 0 saturated carbocycles. The fraction of sp³-hybridized carbons (Fsp3) is 0.0769. The Hall–Kier alpha value is -4.83. The van der Waals surface area contributed by atoms with Crippen molar-refractivity contribution in [3.8, 4) is 6.01 Å². The second-order valence-electron chi connectivity index (χ2n) is 7.83. The highest BCUT2D eigenvalue weighted by atomic mass is 35.5. The number of amides is 1. The third kappa shape index (κ3) is 7.84. The Kier molecular flexibility index (Phi) is 8.35. The van der Waals surface area contributed by atoms with Crippen LogP contribution in [0, 0.1) is 0 Å². The summed E-state index contributed by atoms with van der Waals surface area (Å²) in [4.78, 5) is 25.6. The third-order valence-corrected chi connectivity index (χ3v) is 5.16. The van der Waals surface area contributed by atoms with Crippen molar-refractivity contribution in [2.45, 2.75) is 13.2 Å². The molecule has 0 bridgehead atoms. The fourth-order valence-electron chi connectivity index (χ4n) is 3.14. The van der Waals surface area contributed by atoms with Crippen LogP contribution in [0.25, 0.3) is 0 Å². The highest BCUT2D eigenvalue weighted by molar-refractivity contribution is 6.30. The zero-order valence-corrected chi connectivity index (χ0v) is 20.5. The van der Waals surface area contributed by atoms with E-state index in [2.05, 4.69) is 43.0 Å². The number of hydrogen-bond acceptors (Lipinski definition) is 9. The van der Waals surface area contributed by atoms with Crippen LogP contribution in [0.3, 0.4) is 0 Å². The smallest absolute Gasteiger partial charge is 0.323 e. The van der Waals surface area contributed by atoms with Gasteiger partial charge in [0.2, 0.25) is 11.9 Å². The van der Waals surface area contributed by atoms with Crippen molar-refractivity contribution >= 4 is 35.1 Å². The zero-order valence-electron chi connectivity index (χ0n) is 19.7. The summed E-state index contributed by atoms with van der Waals surface area (Å²) < 4.78 is 5.84. The van der Waals surface area contributed by atoms with Crippen molar-refractivity contribution in [1.82, 2.24) is 25.8 Å². The number of rotatable bonds is 11. The molecular weight excluding hydrogens is 492 g/mol. The second-order valence-corrected chi connectivity index (χ2v) is 8.27. The molecule has 0 saturated heterocycles. The van der Waals surface area contributed by atoms with Crippen molar-refractivity contribution in [1.29, 1.82) is 0 Å². The number of ether oxygens (including phenoxy) is 1. The number of benzene rings is 3. The lowest BCUT2D eigenvalue weighted by molar-refractivity contribution is 0.0938. The molecule has 0 aliphatic carbocycles. The summed E-state index contributed by atoms with van der Waals surface area (Å²) in [6.07, 6.45) is 0. The van der Waals surface area contributed by atoms with E-state index in [9.17, 15) is 4.79 Å². The Labute approximate surface area is 218 Å². The highest BCUT2D eigenvalue weighted by Gasteiger charge is 2.11. The van der Waals surface area contributed by atoms with Gasteiger partial charge in [-0.1, -0.05) is 66.7 Å². The van der Waals surface area contributed by atoms with Gasteiger partial charge < -0.3 is 21.1 Å². The van der Waals surface area contributed by atoms with E-state index in [1.807, 2.05) is 54.6 Å². The number of nitrogens with one attached hydrogen (secondary N) is 4. The number of anilines is 3. The quantitative estimate of drug-likeness (QED) is 0.186. The molecule has 0 aliphatic rings. The Morgan fingerprint density at radius 2 is 1.65 bits per heavy atom. The zero-order chi connectivity index (χ0) is 26.0. The van der Waals surface area contributed by atoms with E-state index in [-0.39, 0.29) is 30.3 Å². The summed E-state index contributed by atoms with van der Waals surface area (Å²) in [7, 11) is 0. The number of hydrogen-bond donors (Lipinski definition) is 5. The Morgan fingerprint density at radius 1 is 0.892 bits per heavy atom. The SMILES string of the molecule is C=C(N)NNC(=O)c1cccc(Nc2nc(NCc3ccc(Cl)cc3)nc(OCc3ccccc3)n2)c1. The lowest BCUT2D eigenvalue weighted by atomic mass is 10.2. The van der Waals surface area contributed by atoms with E-state index < -0.39 is 0 Å². The average Bonchev–Trinajstić information content (AvgIpc) is 2.91. The summed E-state index contributed by atoms with van der Waals surface area (Å²) in [5.74, 6) is 0.287. The van der Waals surface area contributed by atoms with Crippen LogP contribution < -0.4 is 32.0 Å². The van der Waals surface area contributed by atoms with Crippen LogP contribution >= 0.6 is 11.6 Å². The predicted molar refractivity (Wildman–Crippen MR) is 143 cm³/mol. The van der Waals surface area contributed by atoms with E-state index in [0.717, 1.165) is 11.1 Å². The number of nitrogens with zero attached hydrogens (tertiary/aromatic N) is 3. The molecule has 3 aromatic carbocycles. The summed E-state index contributed by atoms with van der Waals surface area (Å²) in [5.41, 5.74) is 13.3. The van der Waals surface area contributed by atoms with Crippen molar-refractivity contribution in [3.05, 3.63) is 113 Å². The highest BCUT2D eigenvalue weighted by Crippen LogP contribution is 2.19. The van der Waals surface area contributed by atoms with Gasteiger partial charge in [0.05, 0.1) is 0 Å². The summed E-state index contributed by atoms with van der Waals surface area (Å²) in [6.45, 7) is 4.23. The molecule has 0 unspecified atom stereocenters. The van der Waals surface area contributed by atoms with E-state index >= 15 is 0 Å². The van der Waals surface area contributed by atoms with Gasteiger partial charge in [0.25, 0.3) is 5.91 Å². The van der Waals surface area contributed by atoms with Crippen LogP contribution in [-0.4, -0.2) is 20.9 Å². The number of aromatic nitrogens is 3. The maximum Gasteiger partial charge on any atom is 0.323 e.